The number of hydrogen-bond donors (Lipinski definition) is 1. The third-order valence-corrected chi connectivity index (χ3v) is 9.40. The van der Waals surface area contributed by atoms with Gasteiger partial charge in [0.05, 0.1) is 11.6 Å². The minimum Gasteiger partial charge on any atom is -0.370 e. The maximum absolute atomic E-state index is 6.10. The van der Waals surface area contributed by atoms with E-state index in [4.69, 9.17) is 4.74 Å². The van der Waals surface area contributed by atoms with Crippen LogP contribution in [0.4, 0.5) is 0 Å². The summed E-state index contributed by atoms with van der Waals surface area (Å²) in [6.07, 6.45) is 16.3. The average molecular weight is 525 g/mol. The second-order valence-electron chi connectivity index (χ2n) is 12.4. The fraction of sp³-hybridized carbons (Fsp3) is 0.529. The van der Waals surface area contributed by atoms with Crippen molar-refractivity contribution in [3.05, 3.63) is 65.4 Å². The summed E-state index contributed by atoms with van der Waals surface area (Å²) in [5, 5.41) is 1.39. The van der Waals surface area contributed by atoms with Gasteiger partial charge in [0.25, 0.3) is 0 Å². The molecule has 2 unspecified atom stereocenters. The smallest absolute Gasteiger partial charge is 0.110 e. The van der Waals surface area contributed by atoms with Crippen LogP contribution in [0.1, 0.15) is 94.4 Å². The van der Waals surface area contributed by atoms with Crippen LogP contribution in [0.15, 0.2) is 58.6 Å². The Labute approximate surface area is 233 Å². The number of hydrogen-bond acceptors (Lipinski definition) is 4. The Morgan fingerprint density at radius 2 is 2.08 bits per heavy atom. The molecule has 1 aromatic heterocycles. The van der Waals surface area contributed by atoms with Crippen molar-refractivity contribution in [2.24, 2.45) is 9.98 Å². The van der Waals surface area contributed by atoms with Gasteiger partial charge in [-0.25, -0.2) is 4.99 Å². The van der Waals surface area contributed by atoms with Crippen LogP contribution in [-0.2, 0) is 4.74 Å². The number of fused-ring (bicyclic) bond motifs is 3. The molecule has 0 saturated carbocycles. The van der Waals surface area contributed by atoms with Crippen molar-refractivity contribution in [1.29, 1.82) is 0 Å². The molecular weight excluding hydrogens is 480 g/mol. The quantitative estimate of drug-likeness (QED) is 0.396. The Hall–Kier alpha value is -2.76. The number of rotatable bonds is 6. The van der Waals surface area contributed by atoms with E-state index in [1.165, 1.54) is 57.4 Å². The van der Waals surface area contributed by atoms with E-state index in [1.54, 1.807) is 6.34 Å². The summed E-state index contributed by atoms with van der Waals surface area (Å²) in [6.45, 7) is 15.1. The van der Waals surface area contributed by atoms with Crippen molar-refractivity contribution in [1.82, 2.24) is 9.88 Å². The Morgan fingerprint density at radius 3 is 2.82 bits per heavy atom. The van der Waals surface area contributed by atoms with Gasteiger partial charge in [-0.05, 0) is 111 Å². The first kappa shape index (κ1) is 26.5. The van der Waals surface area contributed by atoms with Gasteiger partial charge in [0.1, 0.15) is 6.34 Å². The Morgan fingerprint density at radius 1 is 1.23 bits per heavy atom. The highest BCUT2D eigenvalue weighted by Crippen LogP contribution is 2.38. The molecule has 2 bridgehead atoms. The van der Waals surface area contributed by atoms with Crippen molar-refractivity contribution in [2.75, 3.05) is 26.2 Å². The molecule has 1 aromatic carbocycles. The number of aromatic amines is 1. The van der Waals surface area contributed by atoms with Gasteiger partial charge in [0.2, 0.25) is 0 Å². The SMILES string of the molecule is C=CC1(CN2CCC(c3ccc4[nH]c(C5=C/CCC6CC(=NC=N6)/C(C)=C\5)c(C(C)C)c4c3)CC2)CCCO1. The van der Waals surface area contributed by atoms with E-state index in [-0.39, 0.29) is 5.60 Å². The minimum absolute atomic E-state index is 0.130. The molecule has 0 radical (unpaired) electrons. The van der Waals surface area contributed by atoms with Crippen LogP contribution in [0.2, 0.25) is 0 Å². The monoisotopic (exact) mass is 524 g/mol. The molecule has 1 aliphatic carbocycles. The van der Waals surface area contributed by atoms with E-state index < -0.39 is 0 Å². The van der Waals surface area contributed by atoms with Gasteiger partial charge in [-0.3, -0.25) is 4.99 Å². The molecule has 0 amide bonds. The van der Waals surface area contributed by atoms with E-state index >= 15 is 0 Å². The normalized spacial score (nSPS) is 29.3. The summed E-state index contributed by atoms with van der Waals surface area (Å²) in [7, 11) is 0. The third kappa shape index (κ3) is 5.36. The van der Waals surface area contributed by atoms with Crippen molar-refractivity contribution >= 4 is 28.5 Å². The Bertz CT molecular complexity index is 1340. The standard InChI is InChI=1S/C34H44N4O/c1-5-34(14-7-17-39-34)21-38-15-12-25(13-16-38)26-10-11-30-29(19-26)32(23(2)3)33(37-30)27-8-6-9-28-20-31(24(4)18-27)36-22-35-28/h5,8,10-11,18-19,22-23,25,28,37H,1,6-7,9,12-17,20-21H2,2-4H3/b24-18-,27-8+. The highest BCUT2D eigenvalue weighted by Gasteiger charge is 2.35. The van der Waals surface area contributed by atoms with E-state index in [2.05, 4.69) is 77.6 Å². The molecule has 0 spiro atoms. The number of aliphatic imine (C=N–C) groups is 2. The van der Waals surface area contributed by atoms with Crippen molar-refractivity contribution in [2.45, 2.75) is 89.2 Å². The number of allylic oxidation sites excluding steroid dienone is 4. The molecule has 4 aliphatic rings. The predicted molar refractivity (Wildman–Crippen MR) is 164 cm³/mol. The van der Waals surface area contributed by atoms with Crippen LogP contribution in [0.3, 0.4) is 0 Å². The number of likely N-dealkylation sites (tertiary alicyclic amines) is 1. The van der Waals surface area contributed by atoms with Gasteiger partial charge in [0.15, 0.2) is 0 Å². The van der Waals surface area contributed by atoms with Gasteiger partial charge in [-0.15, -0.1) is 6.58 Å². The molecule has 2 saturated heterocycles. The molecule has 6 rings (SSSR count). The van der Waals surface area contributed by atoms with E-state index in [0.717, 1.165) is 58.3 Å². The fourth-order valence-corrected chi connectivity index (χ4v) is 7.13. The van der Waals surface area contributed by atoms with Gasteiger partial charge in [-0.1, -0.05) is 32.1 Å². The highest BCUT2D eigenvalue weighted by atomic mass is 16.5. The Balaban J connectivity index is 1.26. The van der Waals surface area contributed by atoms with Crippen LogP contribution in [0, 0.1) is 0 Å². The lowest BCUT2D eigenvalue weighted by Gasteiger charge is -2.37. The van der Waals surface area contributed by atoms with Crippen molar-refractivity contribution in [3.8, 4) is 0 Å². The van der Waals surface area contributed by atoms with Crippen LogP contribution >= 0.6 is 0 Å². The van der Waals surface area contributed by atoms with E-state index in [9.17, 15) is 0 Å². The molecule has 206 valence electrons. The molecule has 5 heteroatoms. The van der Waals surface area contributed by atoms with Gasteiger partial charge < -0.3 is 14.6 Å². The van der Waals surface area contributed by atoms with Crippen molar-refractivity contribution < 1.29 is 4.74 Å². The molecule has 4 heterocycles. The second-order valence-corrected chi connectivity index (χ2v) is 12.4. The van der Waals surface area contributed by atoms with Gasteiger partial charge in [0, 0.05) is 41.9 Å². The lowest BCUT2D eigenvalue weighted by molar-refractivity contribution is 0.00834. The molecule has 2 atom stereocenters. The first-order chi connectivity index (χ1) is 18.9. The number of piperidine rings is 1. The van der Waals surface area contributed by atoms with Crippen LogP contribution in [0.25, 0.3) is 16.5 Å². The molecule has 2 aromatic rings. The summed E-state index contributed by atoms with van der Waals surface area (Å²) in [5.74, 6) is 1.03. The minimum atomic E-state index is -0.130. The lowest BCUT2D eigenvalue weighted by Crippen LogP contribution is -2.44. The zero-order valence-electron chi connectivity index (χ0n) is 24.0. The molecule has 1 N–H and O–H groups in total. The second kappa shape index (κ2) is 11.0. The maximum Gasteiger partial charge on any atom is 0.110 e. The van der Waals surface area contributed by atoms with Gasteiger partial charge in [-0.2, -0.15) is 0 Å². The third-order valence-electron chi connectivity index (χ3n) is 9.40. The first-order valence-electron chi connectivity index (χ1n) is 15.1. The average Bonchev–Trinajstić information content (AvgIpc) is 3.58. The summed E-state index contributed by atoms with van der Waals surface area (Å²) < 4.78 is 6.10. The summed E-state index contributed by atoms with van der Waals surface area (Å²) >= 11 is 0. The Kier molecular flexibility index (Phi) is 7.47. The van der Waals surface area contributed by atoms with E-state index in [0.29, 0.717) is 17.9 Å². The number of nitrogens with one attached hydrogen (secondary N) is 1. The topological polar surface area (TPSA) is 53.0 Å². The number of benzene rings is 1. The molecule has 39 heavy (non-hydrogen) atoms. The summed E-state index contributed by atoms with van der Waals surface area (Å²) in [4.78, 5) is 15.7. The van der Waals surface area contributed by atoms with E-state index in [1.807, 2.05) is 6.08 Å². The number of H-pyrrole nitrogens is 1. The van der Waals surface area contributed by atoms with Crippen LogP contribution in [0.5, 0.6) is 0 Å². The van der Waals surface area contributed by atoms with Gasteiger partial charge >= 0.3 is 0 Å². The summed E-state index contributed by atoms with van der Waals surface area (Å²) in [5.41, 5.74) is 9.03. The predicted octanol–water partition coefficient (Wildman–Crippen LogP) is 7.57. The largest absolute Gasteiger partial charge is 0.370 e. The van der Waals surface area contributed by atoms with Crippen LogP contribution in [-0.4, -0.2) is 59.8 Å². The molecular formula is C34H44N4O. The maximum atomic E-state index is 6.10. The number of ether oxygens (including phenoxy) is 1. The highest BCUT2D eigenvalue weighted by molar-refractivity contribution is 6.06. The van der Waals surface area contributed by atoms with Crippen LogP contribution < -0.4 is 0 Å². The molecule has 5 nitrogen and oxygen atoms in total. The molecule has 2 fully saturated rings. The number of nitrogens with zero attached hydrogens (tertiary/aromatic N) is 3. The zero-order chi connectivity index (χ0) is 27.0. The first-order valence-corrected chi connectivity index (χ1v) is 15.1. The zero-order valence-corrected chi connectivity index (χ0v) is 24.0. The fourth-order valence-electron chi connectivity index (χ4n) is 7.13. The molecule has 3 aliphatic heterocycles. The number of aromatic nitrogens is 1. The summed E-state index contributed by atoms with van der Waals surface area (Å²) in [6, 6.07) is 7.54. The lowest BCUT2D eigenvalue weighted by atomic mass is 9.86. The van der Waals surface area contributed by atoms with Crippen molar-refractivity contribution in [3.63, 3.8) is 0 Å².